The number of nitrogens with zero attached hydrogens (tertiary/aromatic N) is 3. The topological polar surface area (TPSA) is 47.1 Å². The average Bonchev–Trinajstić information content (AvgIpc) is 2.37. The fourth-order valence-corrected chi connectivity index (χ4v) is 1.88. The second-order valence-electron chi connectivity index (χ2n) is 4.40. The molecule has 1 unspecified atom stereocenters. The van der Waals surface area contributed by atoms with Crippen LogP contribution in [0.4, 0.5) is 0 Å². The molecule has 15 heavy (non-hydrogen) atoms. The molecule has 0 fully saturated rings. The summed E-state index contributed by atoms with van der Waals surface area (Å²) < 4.78 is 2.05. The van der Waals surface area contributed by atoms with Crippen molar-refractivity contribution in [2.24, 2.45) is 5.73 Å². The molecular formula is C11H22N4. The maximum absolute atomic E-state index is 5.92. The molecule has 1 rings (SSSR count). The van der Waals surface area contributed by atoms with Gasteiger partial charge in [0.1, 0.15) is 0 Å². The summed E-state index contributed by atoms with van der Waals surface area (Å²) in [5.41, 5.74) is 9.36. The SMILES string of the molecule is Cc1nn(CCN(C)C)c(C)c1C(C)N. The van der Waals surface area contributed by atoms with Crippen molar-refractivity contribution in [3.63, 3.8) is 0 Å². The Labute approximate surface area is 92.1 Å². The van der Waals surface area contributed by atoms with Gasteiger partial charge in [0, 0.05) is 23.8 Å². The minimum Gasteiger partial charge on any atom is -0.324 e. The lowest BCUT2D eigenvalue weighted by atomic mass is 10.1. The maximum atomic E-state index is 5.92. The van der Waals surface area contributed by atoms with Gasteiger partial charge in [0.2, 0.25) is 0 Å². The Morgan fingerprint density at radius 2 is 2.00 bits per heavy atom. The molecule has 1 aromatic rings. The Balaban J connectivity index is 2.87. The number of rotatable bonds is 4. The van der Waals surface area contributed by atoms with E-state index in [4.69, 9.17) is 5.73 Å². The van der Waals surface area contributed by atoms with Crippen molar-refractivity contribution in [1.82, 2.24) is 14.7 Å². The molecule has 1 aromatic heterocycles. The molecule has 0 amide bonds. The van der Waals surface area contributed by atoms with Gasteiger partial charge in [-0.25, -0.2) is 0 Å². The molecular weight excluding hydrogens is 188 g/mol. The van der Waals surface area contributed by atoms with E-state index in [1.54, 1.807) is 0 Å². The summed E-state index contributed by atoms with van der Waals surface area (Å²) in [5, 5.41) is 4.51. The van der Waals surface area contributed by atoms with Gasteiger partial charge in [-0.15, -0.1) is 0 Å². The van der Waals surface area contributed by atoms with Crippen LogP contribution in [0.3, 0.4) is 0 Å². The van der Waals surface area contributed by atoms with Crippen LogP contribution in [0.1, 0.15) is 29.9 Å². The molecule has 0 aliphatic rings. The van der Waals surface area contributed by atoms with Crippen LogP contribution in [-0.4, -0.2) is 35.3 Å². The molecule has 4 nitrogen and oxygen atoms in total. The zero-order valence-electron chi connectivity index (χ0n) is 10.4. The van der Waals surface area contributed by atoms with E-state index in [-0.39, 0.29) is 6.04 Å². The van der Waals surface area contributed by atoms with Crippen molar-refractivity contribution in [3.8, 4) is 0 Å². The lowest BCUT2D eigenvalue weighted by Crippen LogP contribution is -2.19. The smallest absolute Gasteiger partial charge is 0.0644 e. The highest BCUT2D eigenvalue weighted by atomic mass is 15.3. The second-order valence-corrected chi connectivity index (χ2v) is 4.40. The summed E-state index contributed by atoms with van der Waals surface area (Å²) in [4.78, 5) is 2.15. The second kappa shape index (κ2) is 4.77. The lowest BCUT2D eigenvalue weighted by Gasteiger charge is -2.11. The Kier molecular flexibility index (Phi) is 3.88. The fraction of sp³-hybridized carbons (Fsp3) is 0.727. The minimum atomic E-state index is 0.0677. The molecule has 0 radical (unpaired) electrons. The van der Waals surface area contributed by atoms with Crippen LogP contribution < -0.4 is 5.73 Å². The Morgan fingerprint density at radius 1 is 1.40 bits per heavy atom. The van der Waals surface area contributed by atoms with E-state index < -0.39 is 0 Å². The quantitative estimate of drug-likeness (QED) is 0.809. The van der Waals surface area contributed by atoms with E-state index in [0.29, 0.717) is 0 Å². The van der Waals surface area contributed by atoms with Crippen LogP contribution >= 0.6 is 0 Å². The number of hydrogen-bond donors (Lipinski definition) is 1. The molecule has 0 bridgehead atoms. The van der Waals surface area contributed by atoms with Gasteiger partial charge in [-0.3, -0.25) is 4.68 Å². The molecule has 1 atom stereocenters. The highest BCUT2D eigenvalue weighted by molar-refractivity contribution is 5.27. The van der Waals surface area contributed by atoms with Crippen LogP contribution in [0, 0.1) is 13.8 Å². The minimum absolute atomic E-state index is 0.0677. The van der Waals surface area contributed by atoms with Crippen molar-refractivity contribution < 1.29 is 0 Å². The standard InChI is InChI=1S/C11H22N4/c1-8(12)11-9(2)13-15(10(11)3)7-6-14(4)5/h8H,6-7,12H2,1-5H3. The van der Waals surface area contributed by atoms with Gasteiger partial charge in [0.15, 0.2) is 0 Å². The summed E-state index contributed by atoms with van der Waals surface area (Å²) in [5.74, 6) is 0. The summed E-state index contributed by atoms with van der Waals surface area (Å²) in [6, 6.07) is 0.0677. The molecule has 0 aliphatic heterocycles. The molecule has 0 saturated carbocycles. The zero-order chi connectivity index (χ0) is 11.6. The van der Waals surface area contributed by atoms with Crippen LogP contribution in [0.25, 0.3) is 0 Å². The van der Waals surface area contributed by atoms with Gasteiger partial charge >= 0.3 is 0 Å². The van der Waals surface area contributed by atoms with E-state index in [1.165, 1.54) is 11.3 Å². The number of likely N-dealkylation sites (N-methyl/N-ethyl adjacent to an activating group) is 1. The van der Waals surface area contributed by atoms with Crippen molar-refractivity contribution in [3.05, 3.63) is 17.0 Å². The largest absolute Gasteiger partial charge is 0.324 e. The molecule has 0 spiro atoms. The lowest BCUT2D eigenvalue weighted by molar-refractivity contribution is 0.370. The van der Waals surface area contributed by atoms with Crippen molar-refractivity contribution in [2.45, 2.75) is 33.4 Å². The van der Waals surface area contributed by atoms with Crippen LogP contribution in [0.2, 0.25) is 0 Å². The van der Waals surface area contributed by atoms with Crippen molar-refractivity contribution >= 4 is 0 Å². The van der Waals surface area contributed by atoms with E-state index in [0.717, 1.165) is 18.8 Å². The van der Waals surface area contributed by atoms with E-state index in [1.807, 2.05) is 18.5 Å². The third kappa shape index (κ3) is 2.79. The number of nitrogens with two attached hydrogens (primary N) is 1. The Morgan fingerprint density at radius 3 is 2.40 bits per heavy atom. The van der Waals surface area contributed by atoms with Crippen LogP contribution in [0.5, 0.6) is 0 Å². The molecule has 2 N–H and O–H groups in total. The van der Waals surface area contributed by atoms with Crippen LogP contribution in [-0.2, 0) is 6.54 Å². The van der Waals surface area contributed by atoms with Gasteiger partial charge in [-0.1, -0.05) is 0 Å². The maximum Gasteiger partial charge on any atom is 0.0644 e. The molecule has 0 saturated heterocycles. The number of aryl methyl sites for hydroxylation is 1. The molecule has 0 aliphatic carbocycles. The van der Waals surface area contributed by atoms with Gasteiger partial charge in [-0.05, 0) is 34.9 Å². The predicted molar refractivity (Wildman–Crippen MR) is 62.9 cm³/mol. The first kappa shape index (κ1) is 12.2. The average molecular weight is 210 g/mol. The molecule has 86 valence electrons. The molecule has 1 heterocycles. The normalized spacial score (nSPS) is 13.5. The van der Waals surface area contributed by atoms with Gasteiger partial charge in [-0.2, -0.15) is 5.10 Å². The Bertz CT molecular complexity index is 326. The summed E-state index contributed by atoms with van der Waals surface area (Å²) in [6.07, 6.45) is 0. The predicted octanol–water partition coefficient (Wildman–Crippen LogP) is 1.08. The van der Waals surface area contributed by atoms with E-state index in [2.05, 4.69) is 31.0 Å². The summed E-state index contributed by atoms with van der Waals surface area (Å²) >= 11 is 0. The fourth-order valence-electron chi connectivity index (χ4n) is 1.88. The Hall–Kier alpha value is -0.870. The third-order valence-electron chi connectivity index (χ3n) is 2.65. The molecule has 0 aromatic carbocycles. The summed E-state index contributed by atoms with van der Waals surface area (Å²) in [6.45, 7) is 8.05. The first-order valence-corrected chi connectivity index (χ1v) is 5.37. The zero-order valence-corrected chi connectivity index (χ0v) is 10.4. The van der Waals surface area contributed by atoms with E-state index >= 15 is 0 Å². The van der Waals surface area contributed by atoms with Crippen LogP contribution in [0.15, 0.2) is 0 Å². The highest BCUT2D eigenvalue weighted by Gasteiger charge is 2.14. The first-order chi connectivity index (χ1) is 6.93. The monoisotopic (exact) mass is 210 g/mol. The van der Waals surface area contributed by atoms with Gasteiger partial charge < -0.3 is 10.6 Å². The van der Waals surface area contributed by atoms with Gasteiger partial charge in [0.05, 0.1) is 12.2 Å². The first-order valence-electron chi connectivity index (χ1n) is 5.37. The van der Waals surface area contributed by atoms with E-state index in [9.17, 15) is 0 Å². The number of hydrogen-bond acceptors (Lipinski definition) is 3. The van der Waals surface area contributed by atoms with Gasteiger partial charge in [0.25, 0.3) is 0 Å². The highest BCUT2D eigenvalue weighted by Crippen LogP contribution is 2.19. The van der Waals surface area contributed by atoms with Crippen molar-refractivity contribution in [2.75, 3.05) is 20.6 Å². The third-order valence-corrected chi connectivity index (χ3v) is 2.65. The summed E-state index contributed by atoms with van der Waals surface area (Å²) in [7, 11) is 4.14. The molecule has 4 heteroatoms. The van der Waals surface area contributed by atoms with Crippen molar-refractivity contribution in [1.29, 1.82) is 0 Å². The number of aromatic nitrogens is 2.